The molecule has 1 saturated heterocycles. The van der Waals surface area contributed by atoms with Gasteiger partial charge in [-0.2, -0.15) is 0 Å². The molecule has 8 heteroatoms. The zero-order chi connectivity index (χ0) is 23.8. The molecule has 0 saturated carbocycles. The van der Waals surface area contributed by atoms with E-state index in [4.69, 9.17) is 9.47 Å². The first-order valence-corrected chi connectivity index (χ1v) is 12.2. The van der Waals surface area contributed by atoms with Crippen molar-refractivity contribution < 1.29 is 23.9 Å². The van der Waals surface area contributed by atoms with Crippen LogP contribution in [-0.2, 0) is 20.7 Å². The summed E-state index contributed by atoms with van der Waals surface area (Å²) in [7, 11) is 0. The number of carbonyl (C=O) groups is 3. The van der Waals surface area contributed by atoms with E-state index in [0.29, 0.717) is 18.6 Å². The number of ether oxygens (including phenoxy) is 2. The third-order valence-electron chi connectivity index (χ3n) is 5.86. The van der Waals surface area contributed by atoms with Crippen molar-refractivity contribution in [3.8, 4) is 5.75 Å². The Labute approximate surface area is 198 Å². The summed E-state index contributed by atoms with van der Waals surface area (Å²) in [4.78, 5) is 38.0. The predicted molar refractivity (Wildman–Crippen MR) is 127 cm³/mol. The molecule has 0 radical (unpaired) electrons. The zero-order valence-electron chi connectivity index (χ0n) is 19.3. The molecule has 2 unspecified atom stereocenters. The fraction of sp³-hybridized carbons (Fsp3) is 0.480. The molecule has 1 aliphatic heterocycles. The monoisotopic (exact) mass is 472 g/mol. The number of rotatable bonds is 10. The molecule has 0 bridgehead atoms. The van der Waals surface area contributed by atoms with Crippen LogP contribution < -0.4 is 15.4 Å². The predicted octanol–water partition coefficient (Wildman–Crippen LogP) is 4.12. The zero-order valence-corrected chi connectivity index (χ0v) is 20.2. The second kappa shape index (κ2) is 11.4. The van der Waals surface area contributed by atoms with Gasteiger partial charge >= 0.3 is 6.09 Å². The molecule has 0 spiro atoms. The number of aryl methyl sites for hydroxylation is 1. The summed E-state index contributed by atoms with van der Waals surface area (Å²) in [6.45, 7) is 6.04. The van der Waals surface area contributed by atoms with Crippen molar-refractivity contribution in [1.82, 2.24) is 10.6 Å². The van der Waals surface area contributed by atoms with Crippen LogP contribution in [0, 0.1) is 5.41 Å². The number of nitrogens with one attached hydrogen (secondary N) is 2. The summed E-state index contributed by atoms with van der Waals surface area (Å²) >= 11 is 1.41. The van der Waals surface area contributed by atoms with Crippen LogP contribution in [0.25, 0.3) is 0 Å². The second-order valence-electron chi connectivity index (χ2n) is 9.11. The summed E-state index contributed by atoms with van der Waals surface area (Å²) in [6, 6.07) is 10.3. The van der Waals surface area contributed by atoms with E-state index in [0.717, 1.165) is 12.8 Å². The Kier molecular flexibility index (Phi) is 8.63. The second-order valence-corrected chi connectivity index (χ2v) is 9.89. The molecule has 1 aliphatic rings. The Hall–Kier alpha value is -2.71. The molecule has 1 fully saturated rings. The number of hydrogen-bond acceptors (Lipinski definition) is 6. The third-order valence-corrected chi connectivity index (χ3v) is 6.52. The maximum Gasteiger partial charge on any atom is 0.413 e. The lowest BCUT2D eigenvalue weighted by molar-refractivity contribution is -0.128. The highest BCUT2D eigenvalue weighted by Crippen LogP contribution is 2.29. The topological polar surface area (TPSA) is 93.7 Å². The highest BCUT2D eigenvalue weighted by atomic mass is 32.1. The van der Waals surface area contributed by atoms with Gasteiger partial charge in [0.05, 0.1) is 6.10 Å². The van der Waals surface area contributed by atoms with Crippen molar-refractivity contribution in [2.75, 3.05) is 6.61 Å². The summed E-state index contributed by atoms with van der Waals surface area (Å²) in [5.41, 5.74) is 0.962. The van der Waals surface area contributed by atoms with Gasteiger partial charge in [0.15, 0.2) is 5.78 Å². The van der Waals surface area contributed by atoms with Gasteiger partial charge in [0.25, 0.3) is 0 Å². The van der Waals surface area contributed by atoms with Gasteiger partial charge in [-0.05, 0) is 48.1 Å². The molecule has 2 aromatic rings. The maximum atomic E-state index is 13.2. The number of Topliss-reactive ketones (excluding diaryl/α,β-unsaturated/α-hetero) is 1. The number of carbonyl (C=O) groups excluding carboxylic acids is 3. The molecule has 2 amide bonds. The summed E-state index contributed by atoms with van der Waals surface area (Å²) in [5.74, 6) is -0.143. The SMILES string of the molecule is CCC1OCC(=O)C1NC(=O)[C@H](CC(C)(C)CCc1ccccc1)NC(=O)Oc1ccsc1. The van der Waals surface area contributed by atoms with Crippen LogP contribution in [0.2, 0.25) is 0 Å². The Balaban J connectivity index is 1.68. The highest BCUT2D eigenvalue weighted by molar-refractivity contribution is 7.08. The van der Waals surface area contributed by atoms with E-state index in [-0.39, 0.29) is 23.9 Å². The van der Waals surface area contributed by atoms with Crippen LogP contribution in [0.5, 0.6) is 5.75 Å². The van der Waals surface area contributed by atoms with E-state index in [1.807, 2.05) is 25.1 Å². The fourth-order valence-corrected chi connectivity index (χ4v) is 4.50. The lowest BCUT2D eigenvalue weighted by atomic mass is 9.80. The van der Waals surface area contributed by atoms with Crippen LogP contribution in [0.15, 0.2) is 47.2 Å². The van der Waals surface area contributed by atoms with Crippen molar-refractivity contribution in [3.05, 3.63) is 52.7 Å². The minimum absolute atomic E-state index is 0.00961. The molecule has 0 aliphatic carbocycles. The van der Waals surface area contributed by atoms with Gasteiger partial charge in [-0.15, -0.1) is 11.3 Å². The van der Waals surface area contributed by atoms with Crippen molar-refractivity contribution in [3.63, 3.8) is 0 Å². The van der Waals surface area contributed by atoms with Gasteiger partial charge in [0, 0.05) is 5.38 Å². The Morgan fingerprint density at radius 3 is 2.67 bits per heavy atom. The molecule has 3 atom stereocenters. The minimum atomic E-state index is -0.854. The lowest BCUT2D eigenvalue weighted by Gasteiger charge is -2.30. The van der Waals surface area contributed by atoms with Gasteiger partial charge in [-0.3, -0.25) is 9.59 Å². The van der Waals surface area contributed by atoms with Gasteiger partial charge in [0.1, 0.15) is 24.4 Å². The van der Waals surface area contributed by atoms with Crippen molar-refractivity contribution in [1.29, 1.82) is 0 Å². The number of benzene rings is 1. The van der Waals surface area contributed by atoms with Crippen LogP contribution >= 0.6 is 11.3 Å². The molecule has 7 nitrogen and oxygen atoms in total. The Morgan fingerprint density at radius 1 is 1.24 bits per heavy atom. The standard InChI is InChI=1S/C25H32N2O5S/c1-4-21-22(20(28)15-31-21)27-23(29)19(26-24(30)32-18-11-13-33-16-18)14-25(2,3)12-10-17-8-6-5-7-9-17/h5-9,11,13,16,19,21-22H,4,10,12,14-15H2,1-3H3,(H,26,30)(H,27,29)/t19-,21?,22?/m0/s1. The van der Waals surface area contributed by atoms with Crippen molar-refractivity contribution in [2.24, 2.45) is 5.41 Å². The Morgan fingerprint density at radius 2 is 2.00 bits per heavy atom. The first kappa shape index (κ1) is 24.9. The normalized spacial score (nSPS) is 19.2. The first-order chi connectivity index (χ1) is 15.8. The molecule has 178 valence electrons. The lowest BCUT2D eigenvalue weighted by Crippen LogP contribution is -2.54. The molecular weight excluding hydrogens is 440 g/mol. The third kappa shape index (κ3) is 7.40. The van der Waals surface area contributed by atoms with Gasteiger partial charge in [-0.25, -0.2) is 4.79 Å². The van der Waals surface area contributed by atoms with Gasteiger partial charge < -0.3 is 20.1 Å². The van der Waals surface area contributed by atoms with E-state index >= 15 is 0 Å². The van der Waals surface area contributed by atoms with E-state index in [9.17, 15) is 14.4 Å². The van der Waals surface area contributed by atoms with E-state index in [1.165, 1.54) is 16.9 Å². The van der Waals surface area contributed by atoms with Crippen LogP contribution in [-0.4, -0.2) is 42.6 Å². The molecule has 2 heterocycles. The number of ketones is 1. The minimum Gasteiger partial charge on any atom is -0.409 e. The maximum absolute atomic E-state index is 13.2. The molecular formula is C25H32N2O5S. The molecule has 33 heavy (non-hydrogen) atoms. The average Bonchev–Trinajstić information content (AvgIpc) is 3.42. The molecule has 1 aromatic heterocycles. The summed E-state index contributed by atoms with van der Waals surface area (Å²) < 4.78 is 10.8. The number of thiophene rings is 1. The van der Waals surface area contributed by atoms with Crippen molar-refractivity contribution >= 4 is 29.1 Å². The van der Waals surface area contributed by atoms with E-state index in [2.05, 4.69) is 36.6 Å². The average molecular weight is 473 g/mol. The highest BCUT2D eigenvalue weighted by Gasteiger charge is 2.38. The summed E-state index contributed by atoms with van der Waals surface area (Å²) in [5, 5.41) is 9.03. The quantitative estimate of drug-likeness (QED) is 0.543. The first-order valence-electron chi connectivity index (χ1n) is 11.3. The smallest absolute Gasteiger partial charge is 0.409 e. The van der Waals surface area contributed by atoms with E-state index < -0.39 is 24.1 Å². The molecule has 2 N–H and O–H groups in total. The van der Waals surface area contributed by atoms with Crippen LogP contribution in [0.3, 0.4) is 0 Å². The largest absolute Gasteiger partial charge is 0.413 e. The number of amides is 2. The number of hydrogen-bond donors (Lipinski definition) is 2. The van der Waals surface area contributed by atoms with Gasteiger partial charge in [0.2, 0.25) is 5.91 Å². The van der Waals surface area contributed by atoms with E-state index in [1.54, 1.807) is 16.8 Å². The van der Waals surface area contributed by atoms with Crippen LogP contribution in [0.4, 0.5) is 4.79 Å². The Bertz CT molecular complexity index is 930. The fourth-order valence-electron chi connectivity index (χ4n) is 3.94. The molecule has 1 aromatic carbocycles. The summed E-state index contributed by atoms with van der Waals surface area (Å²) in [6.07, 6.45) is 1.62. The van der Waals surface area contributed by atoms with Gasteiger partial charge in [-0.1, -0.05) is 51.1 Å². The molecule has 3 rings (SSSR count). The van der Waals surface area contributed by atoms with Crippen LogP contribution in [0.1, 0.15) is 45.6 Å². The van der Waals surface area contributed by atoms with Crippen molar-refractivity contribution in [2.45, 2.75) is 64.6 Å².